The summed E-state index contributed by atoms with van der Waals surface area (Å²) in [7, 11) is 0. The molecule has 3 amide bonds. The van der Waals surface area contributed by atoms with Gasteiger partial charge in [0.1, 0.15) is 18.1 Å². The number of amides is 3. The van der Waals surface area contributed by atoms with Gasteiger partial charge in [0.25, 0.3) is 0 Å². The lowest BCUT2D eigenvalue weighted by molar-refractivity contribution is -0.142. The number of nitrogens with one attached hydrogen (secondary N) is 4. The van der Waals surface area contributed by atoms with E-state index < -0.39 is 47.9 Å². The summed E-state index contributed by atoms with van der Waals surface area (Å²) in [5.41, 5.74) is 7.24. The van der Waals surface area contributed by atoms with Crippen molar-refractivity contribution in [1.82, 2.24) is 20.9 Å². The van der Waals surface area contributed by atoms with Crippen LogP contribution in [0.1, 0.15) is 32.8 Å². The minimum absolute atomic E-state index is 0.0740. The number of carbonyl (C=O) groups is 4. The quantitative estimate of drug-likeness (QED) is 0.236. The van der Waals surface area contributed by atoms with E-state index in [4.69, 9.17) is 5.73 Å². The molecule has 7 N–H and O–H groups in total. The second kappa shape index (κ2) is 13.1. The van der Waals surface area contributed by atoms with Crippen LogP contribution >= 0.6 is 11.8 Å². The number of rotatable bonds is 13. The molecule has 0 fully saturated rings. The van der Waals surface area contributed by atoms with E-state index in [9.17, 15) is 24.3 Å². The van der Waals surface area contributed by atoms with Gasteiger partial charge in [-0.3, -0.25) is 14.4 Å². The number of aromatic nitrogens is 1. The van der Waals surface area contributed by atoms with E-state index in [1.165, 1.54) is 18.7 Å². The number of hydrogen-bond donors (Lipinski definition) is 6. The summed E-state index contributed by atoms with van der Waals surface area (Å²) < 4.78 is 0. The van der Waals surface area contributed by atoms with Gasteiger partial charge < -0.3 is 31.8 Å². The molecule has 1 heterocycles. The predicted molar refractivity (Wildman–Crippen MR) is 137 cm³/mol. The first kappa shape index (κ1) is 28.2. The fraction of sp³-hybridized carbons (Fsp3) is 0.500. The van der Waals surface area contributed by atoms with Crippen molar-refractivity contribution >= 4 is 46.4 Å². The molecule has 192 valence electrons. The lowest BCUT2D eigenvalue weighted by atomic mass is 10.0. The van der Waals surface area contributed by atoms with E-state index in [1.807, 2.05) is 30.5 Å². The van der Waals surface area contributed by atoms with Crippen LogP contribution in [-0.2, 0) is 25.6 Å². The highest BCUT2D eigenvalue weighted by Gasteiger charge is 2.31. The number of nitrogens with two attached hydrogens (primary N) is 1. The van der Waals surface area contributed by atoms with Gasteiger partial charge in [0.15, 0.2) is 0 Å². The molecule has 0 radical (unpaired) electrons. The molecular weight excluding hydrogens is 470 g/mol. The molecule has 4 atom stereocenters. The summed E-state index contributed by atoms with van der Waals surface area (Å²) in [5, 5.41) is 18.5. The Kier molecular flexibility index (Phi) is 10.6. The number of aromatic amines is 1. The standard InChI is InChI=1S/C24H35N5O5S/c1-13(2)20(29-22(31)18(9-10-35-4)27-21(30)14(3)25)23(32)28-19(24(33)34)11-15-12-26-17-8-6-5-7-16(15)17/h5-8,12-14,18-20,26H,9-11,25H2,1-4H3,(H,27,30)(H,28,32)(H,29,31)(H,33,34). The van der Waals surface area contributed by atoms with Crippen LogP contribution in [0.4, 0.5) is 0 Å². The molecule has 1 aromatic carbocycles. The number of hydrogen-bond acceptors (Lipinski definition) is 6. The number of H-pyrrole nitrogens is 1. The van der Waals surface area contributed by atoms with Crippen LogP contribution < -0.4 is 21.7 Å². The maximum atomic E-state index is 13.1. The average molecular weight is 506 g/mol. The molecule has 0 bridgehead atoms. The van der Waals surface area contributed by atoms with Crippen molar-refractivity contribution < 1.29 is 24.3 Å². The Morgan fingerprint density at radius 1 is 1.00 bits per heavy atom. The van der Waals surface area contributed by atoms with Crippen LogP contribution in [0.25, 0.3) is 10.9 Å². The van der Waals surface area contributed by atoms with E-state index >= 15 is 0 Å². The van der Waals surface area contributed by atoms with Gasteiger partial charge in [-0.1, -0.05) is 32.0 Å². The van der Waals surface area contributed by atoms with Crippen LogP contribution in [-0.4, -0.2) is 70.0 Å². The van der Waals surface area contributed by atoms with Crippen LogP contribution in [0.5, 0.6) is 0 Å². The number of carboxylic acid groups (broad SMARTS) is 1. The Bertz CT molecular complexity index is 1040. The number of aliphatic carboxylic acids is 1. The molecule has 0 spiro atoms. The molecule has 11 heteroatoms. The number of benzene rings is 1. The normalized spacial score (nSPS) is 14.7. The van der Waals surface area contributed by atoms with Gasteiger partial charge >= 0.3 is 5.97 Å². The molecular formula is C24H35N5O5S. The zero-order valence-corrected chi connectivity index (χ0v) is 21.3. The van der Waals surface area contributed by atoms with Crippen molar-refractivity contribution in [3.05, 3.63) is 36.0 Å². The van der Waals surface area contributed by atoms with Gasteiger partial charge in [0.2, 0.25) is 17.7 Å². The molecule has 35 heavy (non-hydrogen) atoms. The number of para-hydroxylation sites is 1. The topological polar surface area (TPSA) is 166 Å². The van der Waals surface area contributed by atoms with Gasteiger partial charge in [-0.05, 0) is 42.9 Å². The molecule has 1 aromatic heterocycles. The maximum absolute atomic E-state index is 13.1. The van der Waals surface area contributed by atoms with Crippen molar-refractivity contribution in [2.45, 2.75) is 57.8 Å². The average Bonchev–Trinajstić information content (AvgIpc) is 3.21. The second-order valence-corrected chi connectivity index (χ2v) is 9.81. The summed E-state index contributed by atoms with van der Waals surface area (Å²) >= 11 is 1.52. The van der Waals surface area contributed by atoms with E-state index in [2.05, 4.69) is 20.9 Å². The molecule has 0 saturated heterocycles. The Balaban J connectivity index is 2.14. The summed E-state index contributed by atoms with van der Waals surface area (Å²) in [4.78, 5) is 53.2. The van der Waals surface area contributed by atoms with Gasteiger partial charge in [-0.25, -0.2) is 4.79 Å². The van der Waals surface area contributed by atoms with Gasteiger partial charge in [-0.2, -0.15) is 11.8 Å². The first-order chi connectivity index (χ1) is 16.5. The third-order valence-corrected chi connectivity index (χ3v) is 6.26. The first-order valence-corrected chi connectivity index (χ1v) is 12.9. The molecule has 0 aliphatic heterocycles. The zero-order valence-electron chi connectivity index (χ0n) is 20.5. The highest BCUT2D eigenvalue weighted by Crippen LogP contribution is 2.19. The molecule has 2 rings (SSSR count). The van der Waals surface area contributed by atoms with Gasteiger partial charge in [0.05, 0.1) is 6.04 Å². The van der Waals surface area contributed by atoms with E-state index in [1.54, 1.807) is 20.0 Å². The lowest BCUT2D eigenvalue weighted by Crippen LogP contribution is -2.58. The molecule has 10 nitrogen and oxygen atoms in total. The highest BCUT2D eigenvalue weighted by atomic mass is 32.2. The number of carbonyl (C=O) groups excluding carboxylic acids is 3. The SMILES string of the molecule is CSCCC(NC(=O)C(C)N)C(=O)NC(C(=O)NC(Cc1c[nH]c2ccccc12)C(=O)O)C(C)C. The summed E-state index contributed by atoms with van der Waals surface area (Å²) in [6.07, 6.45) is 4.04. The lowest BCUT2D eigenvalue weighted by Gasteiger charge is -2.27. The third-order valence-electron chi connectivity index (χ3n) is 5.62. The Morgan fingerprint density at radius 3 is 2.26 bits per heavy atom. The summed E-state index contributed by atoms with van der Waals surface area (Å²) in [6, 6.07) is 3.66. The summed E-state index contributed by atoms with van der Waals surface area (Å²) in [6.45, 7) is 5.01. The van der Waals surface area contributed by atoms with Gasteiger partial charge in [0, 0.05) is 23.5 Å². The third kappa shape index (κ3) is 8.00. The van der Waals surface area contributed by atoms with Gasteiger partial charge in [-0.15, -0.1) is 0 Å². The molecule has 2 aromatic rings. The minimum atomic E-state index is -1.19. The monoisotopic (exact) mass is 505 g/mol. The van der Waals surface area contributed by atoms with E-state index in [0.717, 1.165) is 16.5 Å². The van der Waals surface area contributed by atoms with E-state index in [0.29, 0.717) is 12.2 Å². The fourth-order valence-electron chi connectivity index (χ4n) is 3.58. The fourth-order valence-corrected chi connectivity index (χ4v) is 4.05. The second-order valence-electron chi connectivity index (χ2n) is 8.82. The van der Waals surface area contributed by atoms with Crippen molar-refractivity contribution in [3.8, 4) is 0 Å². The van der Waals surface area contributed by atoms with Crippen LogP contribution in [0, 0.1) is 5.92 Å². The molecule has 0 saturated carbocycles. The van der Waals surface area contributed by atoms with Crippen molar-refractivity contribution in [2.24, 2.45) is 11.7 Å². The Hall–Kier alpha value is -3.05. The number of fused-ring (bicyclic) bond motifs is 1. The van der Waals surface area contributed by atoms with Crippen LogP contribution in [0.2, 0.25) is 0 Å². The van der Waals surface area contributed by atoms with Crippen LogP contribution in [0.3, 0.4) is 0 Å². The van der Waals surface area contributed by atoms with Crippen LogP contribution in [0.15, 0.2) is 30.5 Å². The molecule has 4 unspecified atom stereocenters. The summed E-state index contributed by atoms with van der Waals surface area (Å²) in [5.74, 6) is -2.50. The van der Waals surface area contributed by atoms with Crippen molar-refractivity contribution in [2.75, 3.05) is 12.0 Å². The largest absolute Gasteiger partial charge is 0.480 e. The minimum Gasteiger partial charge on any atom is -0.480 e. The molecule has 0 aliphatic carbocycles. The Labute approximate surface area is 209 Å². The molecule has 0 aliphatic rings. The van der Waals surface area contributed by atoms with Crippen molar-refractivity contribution in [3.63, 3.8) is 0 Å². The highest BCUT2D eigenvalue weighted by molar-refractivity contribution is 7.98. The van der Waals surface area contributed by atoms with Crippen molar-refractivity contribution in [1.29, 1.82) is 0 Å². The number of thioether (sulfide) groups is 1. The Morgan fingerprint density at radius 2 is 1.66 bits per heavy atom. The smallest absolute Gasteiger partial charge is 0.326 e. The predicted octanol–water partition coefficient (Wildman–Crippen LogP) is 1.01. The first-order valence-electron chi connectivity index (χ1n) is 11.5. The zero-order chi connectivity index (χ0) is 26.1. The van der Waals surface area contributed by atoms with E-state index in [-0.39, 0.29) is 12.3 Å². The number of carboxylic acids is 1. The maximum Gasteiger partial charge on any atom is 0.326 e.